The first-order chi connectivity index (χ1) is 23.1. The fraction of sp³-hybridized carbons (Fsp3) is 0.900. The molecular formula is C30H55IN4O11S. The summed E-state index contributed by atoms with van der Waals surface area (Å²) in [5.41, 5.74) is 0. The van der Waals surface area contributed by atoms with Crippen LogP contribution in [0.1, 0.15) is 25.7 Å². The van der Waals surface area contributed by atoms with Gasteiger partial charge in [-0.2, -0.15) is 11.8 Å². The number of carbonyl (C=O) groups excluding carboxylic acids is 3. The second-order valence-electron chi connectivity index (χ2n) is 10.6. The van der Waals surface area contributed by atoms with Gasteiger partial charge in [0.05, 0.1) is 122 Å². The van der Waals surface area contributed by atoms with Crippen molar-refractivity contribution in [3.05, 3.63) is 0 Å². The number of fused-ring (bicyclic) bond motifs is 1. The summed E-state index contributed by atoms with van der Waals surface area (Å²) in [6.45, 7) is 8.68. The minimum Gasteiger partial charge on any atom is -0.377 e. The number of nitrogens with one attached hydrogen (secondary N) is 4. The third kappa shape index (κ3) is 23.1. The number of thioether (sulfide) groups is 1. The lowest BCUT2D eigenvalue weighted by Gasteiger charge is -2.16. The highest BCUT2D eigenvalue weighted by atomic mass is 127. The zero-order valence-corrected chi connectivity index (χ0v) is 30.5. The average Bonchev–Trinajstić information content (AvgIpc) is 3.63. The molecule has 1 unspecified atom stereocenters. The standard InChI is InChI=1S/C30H55IN4O11S/c31-23-28(37)33-6-8-40-10-12-42-14-16-44-18-20-46-22-21-45-19-17-43-15-13-41-11-9-39-7-5-32-27(36)4-2-1-3-26-29-25(24-47-26)34-30(38)35-29/h25-26,29H,1-24H2,(H,32,36)(H,33,37)(H2,34,35,38)/t25-,26?,29-/m0/s1. The second kappa shape index (κ2) is 29.8. The fourth-order valence-electron chi connectivity index (χ4n) is 4.58. The third-order valence-electron chi connectivity index (χ3n) is 6.94. The van der Waals surface area contributed by atoms with Crippen LogP contribution in [0.25, 0.3) is 0 Å². The average molecular weight is 807 g/mol. The topological polar surface area (TPSA) is 173 Å². The Morgan fingerprint density at radius 2 is 1.06 bits per heavy atom. The zero-order chi connectivity index (χ0) is 33.6. The molecular weight excluding hydrogens is 751 g/mol. The molecule has 2 heterocycles. The summed E-state index contributed by atoms with van der Waals surface area (Å²) in [5, 5.41) is 12.0. The van der Waals surface area contributed by atoms with Crippen LogP contribution < -0.4 is 21.3 Å². The van der Waals surface area contributed by atoms with Crippen LogP contribution in [0.15, 0.2) is 0 Å². The normalized spacial score (nSPS) is 18.6. The molecule has 15 nitrogen and oxygen atoms in total. The quantitative estimate of drug-likeness (QED) is 0.0314. The minimum absolute atomic E-state index is 0.00979. The Morgan fingerprint density at radius 1 is 0.638 bits per heavy atom. The zero-order valence-electron chi connectivity index (χ0n) is 27.5. The van der Waals surface area contributed by atoms with E-state index < -0.39 is 0 Å². The third-order valence-corrected chi connectivity index (χ3v) is 9.14. The maximum absolute atomic E-state index is 12.0. The van der Waals surface area contributed by atoms with Crippen molar-refractivity contribution < 1.29 is 52.3 Å². The van der Waals surface area contributed by atoms with Crippen LogP contribution in [0, 0.1) is 0 Å². The van der Waals surface area contributed by atoms with Gasteiger partial charge in [0.2, 0.25) is 11.8 Å². The van der Waals surface area contributed by atoms with Crippen LogP contribution in [-0.2, 0) is 47.5 Å². The minimum atomic E-state index is -0.0609. The first-order valence-electron chi connectivity index (χ1n) is 16.5. The predicted molar refractivity (Wildman–Crippen MR) is 185 cm³/mol. The molecule has 0 aromatic rings. The van der Waals surface area contributed by atoms with Gasteiger partial charge in [-0.25, -0.2) is 4.79 Å². The first-order valence-corrected chi connectivity index (χ1v) is 19.1. The number of rotatable bonds is 33. The molecule has 0 aromatic heterocycles. The number of halogens is 1. The van der Waals surface area contributed by atoms with Crippen molar-refractivity contribution in [1.29, 1.82) is 0 Å². The monoisotopic (exact) mass is 806 g/mol. The summed E-state index contributed by atoms with van der Waals surface area (Å²) in [6, 6.07) is 0.408. The molecule has 2 aliphatic heterocycles. The van der Waals surface area contributed by atoms with Crippen molar-refractivity contribution in [3.63, 3.8) is 0 Å². The fourth-order valence-corrected chi connectivity index (χ4v) is 6.39. The van der Waals surface area contributed by atoms with Gasteiger partial charge in [0.1, 0.15) is 0 Å². The van der Waals surface area contributed by atoms with E-state index in [1.54, 1.807) is 0 Å². The van der Waals surface area contributed by atoms with Gasteiger partial charge in [-0.15, -0.1) is 0 Å². The van der Waals surface area contributed by atoms with Crippen LogP contribution >= 0.6 is 34.4 Å². The smallest absolute Gasteiger partial charge is 0.315 e. The molecule has 0 radical (unpaired) electrons. The van der Waals surface area contributed by atoms with E-state index in [2.05, 4.69) is 21.3 Å². The molecule has 2 fully saturated rings. The SMILES string of the molecule is O=C(CI)NCCOCCOCCOCCOCCOCCOCCOCCOCCNC(=O)CCCCC1SC[C@@H]2NC(=O)N[C@H]12. The highest BCUT2D eigenvalue weighted by molar-refractivity contribution is 14.1. The van der Waals surface area contributed by atoms with Gasteiger partial charge in [-0.05, 0) is 12.8 Å². The number of amides is 4. The lowest BCUT2D eigenvalue weighted by molar-refractivity contribution is -0.121. The molecule has 274 valence electrons. The molecule has 17 heteroatoms. The summed E-state index contributed by atoms with van der Waals surface area (Å²) in [4.78, 5) is 34.5. The van der Waals surface area contributed by atoms with E-state index in [1.165, 1.54) is 0 Å². The first kappa shape index (κ1) is 42.1. The largest absolute Gasteiger partial charge is 0.377 e. The van der Waals surface area contributed by atoms with E-state index in [4.69, 9.17) is 37.9 Å². The molecule has 4 amide bonds. The van der Waals surface area contributed by atoms with Crippen LogP contribution in [0.2, 0.25) is 0 Å². The summed E-state index contributed by atoms with van der Waals surface area (Å²) in [5.74, 6) is 1.01. The Balaban J connectivity index is 1.17. The van der Waals surface area contributed by atoms with E-state index in [1.807, 2.05) is 34.4 Å². The lowest BCUT2D eigenvalue weighted by Crippen LogP contribution is -2.36. The number of carbonyl (C=O) groups is 3. The Morgan fingerprint density at radius 3 is 1.51 bits per heavy atom. The molecule has 3 atom stereocenters. The molecule has 0 saturated carbocycles. The highest BCUT2D eigenvalue weighted by Gasteiger charge is 2.42. The van der Waals surface area contributed by atoms with Crippen molar-refractivity contribution in [2.45, 2.75) is 43.0 Å². The Hall–Kier alpha value is -1.03. The Bertz CT molecular complexity index is 824. The van der Waals surface area contributed by atoms with Crippen LogP contribution in [0.4, 0.5) is 4.79 Å². The summed E-state index contributed by atoms with van der Waals surface area (Å²) in [6.07, 6.45) is 3.34. The van der Waals surface area contributed by atoms with Gasteiger partial charge in [-0.3, -0.25) is 9.59 Å². The van der Waals surface area contributed by atoms with E-state index in [-0.39, 0.29) is 29.9 Å². The summed E-state index contributed by atoms with van der Waals surface area (Å²) in [7, 11) is 0. The van der Waals surface area contributed by atoms with Crippen LogP contribution in [0.5, 0.6) is 0 Å². The van der Waals surface area contributed by atoms with Crippen molar-refractivity contribution in [2.24, 2.45) is 0 Å². The van der Waals surface area contributed by atoms with Gasteiger partial charge >= 0.3 is 6.03 Å². The van der Waals surface area contributed by atoms with E-state index in [0.717, 1.165) is 25.0 Å². The van der Waals surface area contributed by atoms with E-state index in [9.17, 15) is 14.4 Å². The van der Waals surface area contributed by atoms with Gasteiger partial charge < -0.3 is 59.2 Å². The maximum atomic E-state index is 12.0. The predicted octanol–water partition coefficient (Wildman–Crippen LogP) is 0.512. The van der Waals surface area contributed by atoms with Crippen LogP contribution in [0.3, 0.4) is 0 Å². The summed E-state index contributed by atoms with van der Waals surface area (Å²) < 4.78 is 44.1. The Kier molecular flexibility index (Phi) is 26.8. The molecule has 4 N–H and O–H groups in total. The van der Waals surface area contributed by atoms with E-state index >= 15 is 0 Å². The number of urea groups is 1. The molecule has 0 aromatic carbocycles. The molecule has 0 bridgehead atoms. The molecule has 2 aliphatic rings. The van der Waals surface area contributed by atoms with Crippen molar-refractivity contribution in [1.82, 2.24) is 21.3 Å². The molecule has 47 heavy (non-hydrogen) atoms. The number of hydrogen-bond acceptors (Lipinski definition) is 12. The van der Waals surface area contributed by atoms with Gasteiger partial charge in [0, 0.05) is 30.5 Å². The number of ether oxygens (including phenoxy) is 8. The number of alkyl halides is 1. The molecule has 2 saturated heterocycles. The summed E-state index contributed by atoms with van der Waals surface area (Å²) >= 11 is 3.92. The van der Waals surface area contributed by atoms with Crippen molar-refractivity contribution in [2.75, 3.05) is 129 Å². The number of unbranched alkanes of at least 4 members (excludes halogenated alkanes) is 1. The lowest BCUT2D eigenvalue weighted by atomic mass is 10.0. The maximum Gasteiger partial charge on any atom is 0.315 e. The van der Waals surface area contributed by atoms with E-state index in [0.29, 0.717) is 135 Å². The second-order valence-corrected chi connectivity index (χ2v) is 12.6. The highest BCUT2D eigenvalue weighted by Crippen LogP contribution is 2.33. The van der Waals surface area contributed by atoms with Gasteiger partial charge in [0.15, 0.2) is 0 Å². The van der Waals surface area contributed by atoms with Crippen molar-refractivity contribution in [3.8, 4) is 0 Å². The molecule has 0 spiro atoms. The van der Waals surface area contributed by atoms with Gasteiger partial charge in [-0.1, -0.05) is 29.0 Å². The number of hydrogen-bond donors (Lipinski definition) is 4. The van der Waals surface area contributed by atoms with Gasteiger partial charge in [0.25, 0.3) is 0 Å². The molecule has 2 rings (SSSR count). The Labute approximate surface area is 296 Å². The van der Waals surface area contributed by atoms with Crippen LogP contribution in [-0.4, -0.2) is 164 Å². The molecule has 0 aliphatic carbocycles. The van der Waals surface area contributed by atoms with Crippen molar-refractivity contribution >= 4 is 52.2 Å².